The zero-order valence-electron chi connectivity index (χ0n) is 4.19. The smallest absolute Gasteiger partial charge is 0.314 e. The number of nitrogens with one attached hydrogen (secondary N) is 2. The summed E-state index contributed by atoms with van der Waals surface area (Å²) < 4.78 is 6.87. The molecule has 0 aromatic rings. The summed E-state index contributed by atoms with van der Waals surface area (Å²) in [5, 5.41) is 4.77. The Bertz CT molecular complexity index is 94.9. The van der Waals surface area contributed by atoms with E-state index >= 15 is 0 Å². The maximum atomic E-state index is 10.1. The first-order valence-corrected chi connectivity index (χ1v) is 1.75. The van der Waals surface area contributed by atoms with Crippen LogP contribution in [0, 0.1) is 0 Å². The third kappa shape index (κ3) is 0.429. The van der Waals surface area contributed by atoms with Gasteiger partial charge >= 0.3 is 6.03 Å². The highest BCUT2D eigenvalue weighted by molar-refractivity contribution is 5.75. The Morgan fingerprint density at radius 3 is 2.83 bits per heavy atom. The van der Waals surface area contributed by atoms with Crippen molar-refractivity contribution in [1.82, 2.24) is 10.6 Å². The number of rotatable bonds is 0. The minimum absolute atomic E-state index is 0.236. The average Bonchev–Trinajstić information content (AvgIpc) is 1.87. The van der Waals surface area contributed by atoms with Gasteiger partial charge < -0.3 is 10.6 Å². The third-order valence-corrected chi connectivity index (χ3v) is 0.598. The SMILES string of the molecule is [2H][C@H]1CNC(=O)N1. The molecule has 0 radical (unpaired) electrons. The van der Waals surface area contributed by atoms with Crippen LogP contribution in [0.25, 0.3) is 0 Å². The van der Waals surface area contributed by atoms with Gasteiger partial charge in [0.05, 0.1) is 1.37 Å². The fourth-order valence-corrected chi connectivity index (χ4v) is 0.338. The Morgan fingerprint density at radius 2 is 2.67 bits per heavy atom. The quantitative estimate of drug-likeness (QED) is 0.403. The Morgan fingerprint density at radius 1 is 1.83 bits per heavy atom. The van der Waals surface area contributed by atoms with Crippen LogP contribution in [0.1, 0.15) is 1.37 Å². The molecule has 0 unspecified atom stereocenters. The first-order chi connectivity index (χ1) is 3.29. The van der Waals surface area contributed by atoms with E-state index in [2.05, 4.69) is 10.6 Å². The molecular formula is C3H6N2O. The van der Waals surface area contributed by atoms with Crippen molar-refractivity contribution < 1.29 is 6.17 Å². The fraction of sp³-hybridized carbons (Fsp3) is 0.667. The van der Waals surface area contributed by atoms with Crippen LogP contribution in [-0.2, 0) is 0 Å². The zero-order valence-corrected chi connectivity index (χ0v) is 3.19. The highest BCUT2D eigenvalue weighted by atomic mass is 16.2. The van der Waals surface area contributed by atoms with E-state index in [1.807, 2.05) is 0 Å². The molecule has 1 fully saturated rings. The molecule has 3 heteroatoms. The van der Waals surface area contributed by atoms with Crippen molar-refractivity contribution in [3.63, 3.8) is 0 Å². The molecule has 1 rings (SSSR count). The molecule has 1 saturated heterocycles. The summed E-state index contributed by atoms with van der Waals surface area (Å²) in [6.07, 6.45) is 0. The summed E-state index contributed by atoms with van der Waals surface area (Å²) in [5.74, 6) is 0. The van der Waals surface area contributed by atoms with E-state index in [-0.39, 0.29) is 6.03 Å². The molecule has 1 aliphatic heterocycles. The first kappa shape index (κ1) is 2.44. The lowest BCUT2D eigenvalue weighted by Gasteiger charge is -1.80. The number of carbonyl (C=O) groups is 1. The molecule has 0 bridgehead atoms. The van der Waals surface area contributed by atoms with E-state index in [1.165, 1.54) is 0 Å². The monoisotopic (exact) mass is 87.1 g/mol. The Balaban J connectivity index is 2.40. The van der Waals surface area contributed by atoms with Crippen LogP contribution in [0.2, 0.25) is 0 Å². The van der Waals surface area contributed by atoms with E-state index in [9.17, 15) is 4.79 Å². The van der Waals surface area contributed by atoms with Crippen LogP contribution in [0.3, 0.4) is 0 Å². The zero-order chi connectivity index (χ0) is 5.28. The molecule has 34 valence electrons. The van der Waals surface area contributed by atoms with Crippen molar-refractivity contribution in [2.24, 2.45) is 0 Å². The lowest BCUT2D eigenvalue weighted by atomic mass is 10.7. The molecule has 0 aromatic heterocycles. The highest BCUT2D eigenvalue weighted by Crippen LogP contribution is 1.69. The summed E-state index contributed by atoms with van der Waals surface area (Å²) in [5.41, 5.74) is 0. The van der Waals surface area contributed by atoms with E-state index in [1.54, 1.807) is 0 Å². The standard InChI is InChI=1S/C3H6N2O/c6-3-4-1-2-5-3/h1-2H2,(H2,4,5,6)/i1D/t1-/m0/s1. The Kier molecular flexibility index (Phi) is 0.473. The molecule has 0 saturated carbocycles. The third-order valence-electron chi connectivity index (χ3n) is 0.598. The van der Waals surface area contributed by atoms with Gasteiger partial charge in [0.25, 0.3) is 0 Å². The fourth-order valence-electron chi connectivity index (χ4n) is 0.338. The van der Waals surface area contributed by atoms with Crippen molar-refractivity contribution in [1.29, 1.82) is 0 Å². The molecule has 2 amide bonds. The van der Waals surface area contributed by atoms with Crippen molar-refractivity contribution in [3.8, 4) is 0 Å². The molecule has 0 spiro atoms. The van der Waals surface area contributed by atoms with Gasteiger partial charge in [-0.25, -0.2) is 4.79 Å². The van der Waals surface area contributed by atoms with Gasteiger partial charge in [0, 0.05) is 13.1 Å². The van der Waals surface area contributed by atoms with E-state index in [4.69, 9.17) is 1.37 Å². The minimum atomic E-state index is -0.438. The van der Waals surface area contributed by atoms with Crippen molar-refractivity contribution >= 4 is 6.03 Å². The molecule has 1 atom stereocenters. The van der Waals surface area contributed by atoms with Gasteiger partial charge in [0.2, 0.25) is 0 Å². The largest absolute Gasteiger partial charge is 0.336 e. The minimum Gasteiger partial charge on any atom is -0.336 e. The van der Waals surface area contributed by atoms with Gasteiger partial charge in [0.15, 0.2) is 0 Å². The lowest BCUT2D eigenvalue weighted by molar-refractivity contribution is 0.248. The van der Waals surface area contributed by atoms with Gasteiger partial charge in [-0.2, -0.15) is 0 Å². The van der Waals surface area contributed by atoms with Crippen molar-refractivity contribution in [2.45, 2.75) is 0 Å². The molecule has 0 aliphatic carbocycles. The Hall–Kier alpha value is -0.730. The summed E-state index contributed by atoms with van der Waals surface area (Å²) in [4.78, 5) is 10.1. The van der Waals surface area contributed by atoms with Gasteiger partial charge in [-0.1, -0.05) is 0 Å². The Labute approximate surface area is 37.1 Å². The topological polar surface area (TPSA) is 41.1 Å². The summed E-state index contributed by atoms with van der Waals surface area (Å²) in [7, 11) is 0. The maximum Gasteiger partial charge on any atom is 0.314 e. The average molecular weight is 87.1 g/mol. The molecule has 1 heterocycles. The van der Waals surface area contributed by atoms with Crippen LogP contribution in [0.15, 0.2) is 0 Å². The number of carbonyl (C=O) groups excluding carboxylic acids is 1. The van der Waals surface area contributed by atoms with Crippen LogP contribution >= 0.6 is 0 Å². The van der Waals surface area contributed by atoms with Gasteiger partial charge in [0.1, 0.15) is 0 Å². The van der Waals surface area contributed by atoms with Crippen LogP contribution < -0.4 is 10.6 Å². The van der Waals surface area contributed by atoms with Gasteiger partial charge in [-0.3, -0.25) is 0 Å². The number of hydrogen-bond acceptors (Lipinski definition) is 1. The van der Waals surface area contributed by atoms with E-state index in [0.29, 0.717) is 6.54 Å². The lowest BCUT2D eigenvalue weighted by Crippen LogP contribution is -2.20. The second-order valence-corrected chi connectivity index (χ2v) is 1.06. The molecule has 6 heavy (non-hydrogen) atoms. The van der Waals surface area contributed by atoms with Crippen LogP contribution in [0.5, 0.6) is 0 Å². The van der Waals surface area contributed by atoms with Crippen molar-refractivity contribution in [2.75, 3.05) is 13.1 Å². The van der Waals surface area contributed by atoms with Crippen LogP contribution in [-0.4, -0.2) is 19.1 Å². The summed E-state index contributed by atoms with van der Waals surface area (Å²) >= 11 is 0. The number of amides is 2. The number of urea groups is 1. The molecule has 2 N–H and O–H groups in total. The molecule has 1 aliphatic rings. The van der Waals surface area contributed by atoms with Gasteiger partial charge in [-0.15, -0.1) is 0 Å². The van der Waals surface area contributed by atoms with E-state index < -0.39 is 6.52 Å². The second-order valence-electron chi connectivity index (χ2n) is 1.06. The second kappa shape index (κ2) is 1.16. The predicted molar refractivity (Wildman–Crippen MR) is 21.4 cm³/mol. The molecule has 0 aromatic carbocycles. The first-order valence-electron chi connectivity index (χ1n) is 2.33. The molecular weight excluding hydrogens is 80.0 g/mol. The highest BCUT2D eigenvalue weighted by Gasteiger charge is 2.02. The predicted octanol–water partition coefficient (Wildman–Crippen LogP) is -0.701. The summed E-state index contributed by atoms with van der Waals surface area (Å²) in [6, 6.07) is -0.236. The molecule has 3 nitrogen and oxygen atoms in total. The summed E-state index contributed by atoms with van der Waals surface area (Å²) in [6.45, 7) is -0.00810. The normalized spacial score (nSPS) is 34.3. The van der Waals surface area contributed by atoms with E-state index in [0.717, 1.165) is 0 Å². The van der Waals surface area contributed by atoms with Crippen LogP contribution in [0.4, 0.5) is 4.79 Å². The maximum absolute atomic E-state index is 10.1. The van der Waals surface area contributed by atoms with Crippen molar-refractivity contribution in [3.05, 3.63) is 0 Å². The van der Waals surface area contributed by atoms with Gasteiger partial charge in [-0.05, 0) is 0 Å². The number of hydrogen-bond donors (Lipinski definition) is 2.